The van der Waals surface area contributed by atoms with Gasteiger partial charge in [0, 0.05) is 31.6 Å². The van der Waals surface area contributed by atoms with E-state index in [-0.39, 0.29) is 64.6 Å². The average molecular weight is 708 g/mol. The number of esters is 2. The SMILES string of the molecule is C=C(COOS(C)(=O)=O)[C@@H]1CC[C@]2(COC(C)=O)CC[C@]3(C)[C@H](CC[C@@H]4[C@@]5(C)CC/C(=N\OC(C)=O)[C@@](C)(COC(C)=O)[C@@H]5CC[C@]43C)[C@@H]12. The molecule has 0 aromatic heterocycles. The van der Waals surface area contributed by atoms with E-state index in [1.165, 1.54) is 20.8 Å². The quantitative estimate of drug-likeness (QED) is 0.0805. The van der Waals surface area contributed by atoms with Crippen LogP contribution in [0, 0.1) is 56.7 Å². The smallest absolute Gasteiger partial charge is 0.331 e. The molecule has 0 saturated heterocycles. The summed E-state index contributed by atoms with van der Waals surface area (Å²) in [5, 5.41) is 4.35. The molecule has 0 aromatic carbocycles. The van der Waals surface area contributed by atoms with Crippen LogP contribution in [-0.2, 0) is 48.0 Å². The number of hydrogen-bond acceptors (Lipinski definition) is 11. The van der Waals surface area contributed by atoms with E-state index >= 15 is 0 Å². The minimum atomic E-state index is -3.76. The van der Waals surface area contributed by atoms with E-state index in [1.54, 1.807) is 0 Å². The molecule has 276 valence electrons. The zero-order chi connectivity index (χ0) is 36.2. The van der Waals surface area contributed by atoms with Gasteiger partial charge in [0.2, 0.25) is 0 Å². The Labute approximate surface area is 292 Å². The molecule has 5 saturated carbocycles. The third kappa shape index (κ3) is 6.63. The van der Waals surface area contributed by atoms with Gasteiger partial charge in [-0.2, -0.15) is 8.42 Å². The largest absolute Gasteiger partial charge is 0.465 e. The molecule has 0 bridgehead atoms. The van der Waals surface area contributed by atoms with E-state index in [2.05, 4.69) is 43.8 Å². The molecule has 0 unspecified atom stereocenters. The molecule has 0 radical (unpaired) electrons. The van der Waals surface area contributed by atoms with Gasteiger partial charge < -0.3 is 14.3 Å². The van der Waals surface area contributed by atoms with E-state index in [9.17, 15) is 22.8 Å². The van der Waals surface area contributed by atoms with Crippen LogP contribution < -0.4 is 0 Å². The van der Waals surface area contributed by atoms with Crippen LogP contribution in [0.2, 0.25) is 0 Å². The van der Waals surface area contributed by atoms with Crippen molar-refractivity contribution in [1.82, 2.24) is 0 Å². The third-order valence-electron chi connectivity index (χ3n) is 14.6. The Kier molecular flexibility index (Phi) is 10.3. The third-order valence-corrected chi connectivity index (χ3v) is 14.9. The first-order valence-corrected chi connectivity index (χ1v) is 19.7. The molecule has 0 spiro atoms. The number of rotatable bonds is 10. The van der Waals surface area contributed by atoms with Crippen molar-refractivity contribution in [2.45, 2.75) is 113 Å². The topological polar surface area (TPSA) is 144 Å². The Hall–Kier alpha value is -2.31. The first kappa shape index (κ1) is 37.9. The van der Waals surface area contributed by atoms with Gasteiger partial charge in [0.05, 0.1) is 18.6 Å². The standard InChI is InChI=1S/C37H57NO10S/c1-23(20-46-48-49(9,42)43)27-12-17-37(22-45-25(3)40)19-18-35(7)28(32(27)37)10-11-30-33(5)15-14-31(38-47-26(4)41)34(6,21-44-24(2)39)29(33)13-16-36(30,35)8/h27-30,32H,1,10-22H2,2-9H3/b38-31+/t27-,28+,29+,30+,32+,33-,34-,35+,36+,37+/m0/s1. The molecule has 5 aliphatic rings. The van der Waals surface area contributed by atoms with Crippen LogP contribution in [0.4, 0.5) is 0 Å². The van der Waals surface area contributed by atoms with Crippen molar-refractivity contribution in [3.8, 4) is 0 Å². The van der Waals surface area contributed by atoms with Crippen molar-refractivity contribution in [2.75, 3.05) is 26.1 Å². The van der Waals surface area contributed by atoms with Crippen molar-refractivity contribution in [1.29, 1.82) is 0 Å². The van der Waals surface area contributed by atoms with Crippen molar-refractivity contribution in [3.05, 3.63) is 12.2 Å². The summed E-state index contributed by atoms with van der Waals surface area (Å²) in [7, 11) is -3.76. The maximum absolute atomic E-state index is 12.1. The fourth-order valence-corrected chi connectivity index (χ4v) is 12.5. The second-order valence-electron chi connectivity index (χ2n) is 17.0. The molecular formula is C37H57NO10S. The summed E-state index contributed by atoms with van der Waals surface area (Å²) in [6, 6.07) is 0. The highest BCUT2D eigenvalue weighted by Crippen LogP contribution is 2.77. The molecule has 0 aromatic rings. The fourth-order valence-electron chi connectivity index (χ4n) is 12.3. The van der Waals surface area contributed by atoms with Crippen molar-refractivity contribution >= 4 is 33.7 Å². The molecule has 0 aliphatic heterocycles. The van der Waals surface area contributed by atoms with Crippen LogP contribution in [-0.4, -0.2) is 58.1 Å². The minimum absolute atomic E-state index is 0.00596. The predicted molar refractivity (Wildman–Crippen MR) is 182 cm³/mol. The fraction of sp³-hybridized carbons (Fsp3) is 0.838. The predicted octanol–water partition coefficient (Wildman–Crippen LogP) is 6.56. The summed E-state index contributed by atoms with van der Waals surface area (Å²) >= 11 is 0. The van der Waals surface area contributed by atoms with E-state index in [1.807, 2.05) is 0 Å². The second kappa shape index (κ2) is 13.3. The molecule has 0 heterocycles. The number of carbonyl (C=O) groups is 3. The highest BCUT2D eigenvalue weighted by atomic mass is 32.2. The summed E-state index contributed by atoms with van der Waals surface area (Å²) < 4.78 is 39.3. The normalized spacial score (nSPS) is 42.2. The Bertz CT molecular complexity index is 1490. The average Bonchev–Trinajstić information content (AvgIpc) is 3.38. The first-order valence-electron chi connectivity index (χ1n) is 17.9. The molecular weight excluding hydrogens is 650 g/mol. The van der Waals surface area contributed by atoms with Crippen LogP contribution in [0.5, 0.6) is 0 Å². The van der Waals surface area contributed by atoms with E-state index < -0.39 is 21.5 Å². The van der Waals surface area contributed by atoms with Crippen LogP contribution in [0.15, 0.2) is 17.3 Å². The summed E-state index contributed by atoms with van der Waals surface area (Å²) in [5.41, 5.74) is 0.789. The highest BCUT2D eigenvalue weighted by Gasteiger charge is 2.71. The summed E-state index contributed by atoms with van der Waals surface area (Å²) in [4.78, 5) is 46.3. The monoisotopic (exact) mass is 707 g/mol. The van der Waals surface area contributed by atoms with Crippen LogP contribution in [0.25, 0.3) is 0 Å². The lowest BCUT2D eigenvalue weighted by molar-refractivity contribution is -0.235. The van der Waals surface area contributed by atoms with Gasteiger partial charge in [-0.15, -0.1) is 4.33 Å². The first-order chi connectivity index (χ1) is 22.7. The molecule has 0 N–H and O–H groups in total. The Balaban J connectivity index is 1.49. The molecule has 5 fully saturated rings. The number of hydrogen-bond donors (Lipinski definition) is 0. The molecule has 5 rings (SSSR count). The van der Waals surface area contributed by atoms with Gasteiger partial charge in [0.1, 0.15) is 13.2 Å². The van der Waals surface area contributed by atoms with Crippen molar-refractivity contribution in [3.63, 3.8) is 0 Å². The number of oxime groups is 1. The van der Waals surface area contributed by atoms with Gasteiger partial charge >= 0.3 is 17.9 Å². The van der Waals surface area contributed by atoms with E-state index in [0.717, 1.165) is 75.3 Å². The summed E-state index contributed by atoms with van der Waals surface area (Å²) in [6.45, 7) is 18.8. The Morgan fingerprint density at radius 1 is 0.816 bits per heavy atom. The number of nitrogens with zero attached hydrogens (tertiary/aromatic N) is 1. The van der Waals surface area contributed by atoms with Crippen LogP contribution in [0.1, 0.15) is 113 Å². The van der Waals surface area contributed by atoms with Gasteiger partial charge in [-0.3, -0.25) is 9.59 Å². The summed E-state index contributed by atoms with van der Waals surface area (Å²) in [6.07, 6.45) is 10.3. The van der Waals surface area contributed by atoms with E-state index in [0.29, 0.717) is 24.9 Å². The maximum atomic E-state index is 12.1. The second-order valence-corrected chi connectivity index (χ2v) is 18.5. The van der Waals surface area contributed by atoms with Crippen molar-refractivity contribution in [2.24, 2.45) is 61.8 Å². The molecule has 11 nitrogen and oxygen atoms in total. The zero-order valence-electron chi connectivity index (χ0n) is 30.7. The number of ether oxygens (including phenoxy) is 2. The molecule has 10 atom stereocenters. The summed E-state index contributed by atoms with van der Waals surface area (Å²) in [5.74, 6) is 0.123. The zero-order valence-corrected chi connectivity index (χ0v) is 31.5. The van der Waals surface area contributed by atoms with Gasteiger partial charge in [-0.1, -0.05) is 39.4 Å². The van der Waals surface area contributed by atoms with Crippen molar-refractivity contribution < 1.29 is 46.3 Å². The van der Waals surface area contributed by atoms with Crippen LogP contribution in [0.3, 0.4) is 0 Å². The lowest BCUT2D eigenvalue weighted by Crippen LogP contribution is -2.67. The lowest BCUT2D eigenvalue weighted by Gasteiger charge is -2.72. The van der Waals surface area contributed by atoms with Gasteiger partial charge in [-0.05, 0) is 116 Å². The van der Waals surface area contributed by atoms with Gasteiger partial charge in [-0.25, -0.2) is 9.68 Å². The lowest BCUT2D eigenvalue weighted by atomic mass is 9.32. The molecule has 5 aliphatic carbocycles. The molecule has 0 amide bonds. The number of carbonyl (C=O) groups excluding carboxylic acids is 3. The highest BCUT2D eigenvalue weighted by molar-refractivity contribution is 7.85. The number of fused-ring (bicyclic) bond motifs is 7. The Morgan fingerprint density at radius 3 is 2.12 bits per heavy atom. The minimum Gasteiger partial charge on any atom is -0.465 e. The van der Waals surface area contributed by atoms with Gasteiger partial charge in [0.25, 0.3) is 10.1 Å². The van der Waals surface area contributed by atoms with Gasteiger partial charge in [0.15, 0.2) is 0 Å². The molecule has 12 heteroatoms. The molecule has 49 heavy (non-hydrogen) atoms. The van der Waals surface area contributed by atoms with Crippen LogP contribution >= 0.6 is 0 Å². The van der Waals surface area contributed by atoms with E-state index in [4.69, 9.17) is 19.2 Å². The maximum Gasteiger partial charge on any atom is 0.331 e. The Morgan fingerprint density at radius 2 is 1.49 bits per heavy atom.